The van der Waals surface area contributed by atoms with E-state index >= 15 is 0 Å². The fraction of sp³-hybridized carbons (Fsp3) is 0.455. The van der Waals surface area contributed by atoms with Crippen molar-refractivity contribution >= 4 is 0 Å². The Morgan fingerprint density at radius 3 is 2.20 bits per heavy atom. The second-order valence-corrected chi connectivity index (χ2v) is 4.25. The highest BCUT2D eigenvalue weighted by molar-refractivity contribution is 5.22. The monoisotopic (exact) mass is 215 g/mol. The van der Waals surface area contributed by atoms with Gasteiger partial charge in [-0.25, -0.2) is 13.2 Å². The summed E-state index contributed by atoms with van der Waals surface area (Å²) in [5, 5.41) is 0. The van der Waals surface area contributed by atoms with Gasteiger partial charge in [0.1, 0.15) is 5.82 Å². The Bertz CT molecular complexity index is 355. The van der Waals surface area contributed by atoms with Crippen molar-refractivity contribution in [2.45, 2.75) is 30.7 Å². The van der Waals surface area contributed by atoms with E-state index in [4.69, 9.17) is 5.73 Å². The van der Waals surface area contributed by atoms with E-state index in [9.17, 15) is 13.2 Å². The molecular weight excluding hydrogens is 203 g/mol. The Kier molecular flexibility index (Phi) is 2.26. The van der Waals surface area contributed by atoms with Crippen LogP contribution in [0.2, 0.25) is 0 Å². The van der Waals surface area contributed by atoms with Crippen molar-refractivity contribution in [3.63, 3.8) is 0 Å². The van der Waals surface area contributed by atoms with Crippen molar-refractivity contribution < 1.29 is 13.2 Å². The zero-order valence-corrected chi connectivity index (χ0v) is 8.14. The molecule has 0 amide bonds. The van der Waals surface area contributed by atoms with Gasteiger partial charge in [-0.3, -0.25) is 0 Å². The molecule has 1 aromatic rings. The summed E-state index contributed by atoms with van der Waals surface area (Å²) in [7, 11) is 0. The summed E-state index contributed by atoms with van der Waals surface area (Å²) in [6, 6.07) is 4.31. The lowest BCUT2D eigenvalue weighted by Gasteiger charge is -2.20. The third-order valence-corrected chi connectivity index (χ3v) is 2.73. The molecule has 2 N–H and O–H groups in total. The van der Waals surface area contributed by atoms with Gasteiger partial charge in [-0.1, -0.05) is 12.1 Å². The molecule has 0 atom stereocenters. The minimum atomic E-state index is -2.96. The fourth-order valence-corrected chi connectivity index (χ4v) is 1.58. The van der Waals surface area contributed by atoms with Gasteiger partial charge in [0, 0.05) is 17.5 Å². The van der Waals surface area contributed by atoms with Crippen LogP contribution < -0.4 is 5.73 Å². The number of nitrogens with two attached hydrogens (primary N) is 1. The van der Waals surface area contributed by atoms with E-state index < -0.39 is 17.3 Å². The topological polar surface area (TPSA) is 26.0 Å². The predicted molar refractivity (Wildman–Crippen MR) is 51.1 cm³/mol. The second-order valence-electron chi connectivity index (χ2n) is 4.25. The Hall–Kier alpha value is -1.03. The maximum atomic E-state index is 13.6. The fourth-order valence-electron chi connectivity index (χ4n) is 1.58. The molecule has 0 saturated heterocycles. The zero-order valence-electron chi connectivity index (χ0n) is 8.14. The van der Waals surface area contributed by atoms with Crippen LogP contribution in [-0.4, -0.2) is 5.54 Å². The predicted octanol–water partition coefficient (Wildman–Crippen LogP) is 2.80. The molecule has 15 heavy (non-hydrogen) atoms. The highest BCUT2D eigenvalue weighted by Crippen LogP contribution is 2.45. The zero-order chi connectivity index (χ0) is 11.1. The molecule has 1 aromatic carbocycles. The highest BCUT2D eigenvalue weighted by atomic mass is 19.3. The largest absolute Gasteiger partial charge is 0.325 e. The van der Waals surface area contributed by atoms with Crippen LogP contribution in [0.1, 0.15) is 24.8 Å². The average molecular weight is 215 g/mol. The molecule has 4 heteroatoms. The van der Waals surface area contributed by atoms with Crippen molar-refractivity contribution in [2.24, 2.45) is 5.73 Å². The molecule has 0 unspecified atom stereocenters. The maximum Gasteiger partial charge on any atom is 0.275 e. The van der Waals surface area contributed by atoms with Crippen LogP contribution >= 0.6 is 0 Å². The van der Waals surface area contributed by atoms with Gasteiger partial charge >= 0.3 is 0 Å². The number of alkyl halides is 2. The SMILES string of the molecule is NC1(CC(F)(F)c2ccc(F)cc2)CC1. The summed E-state index contributed by atoms with van der Waals surface area (Å²) in [6.07, 6.45) is 0.930. The maximum absolute atomic E-state index is 13.6. The minimum Gasteiger partial charge on any atom is -0.325 e. The first-order chi connectivity index (χ1) is 6.91. The van der Waals surface area contributed by atoms with Gasteiger partial charge in [-0.2, -0.15) is 0 Å². The number of benzene rings is 1. The van der Waals surface area contributed by atoms with Gasteiger partial charge in [-0.15, -0.1) is 0 Å². The first-order valence-electron chi connectivity index (χ1n) is 4.84. The standard InChI is InChI=1S/C11H12F3N/c12-9-3-1-8(2-4-9)11(13,14)7-10(15)5-6-10/h1-4H,5-7,15H2. The molecule has 2 rings (SSSR count). The van der Waals surface area contributed by atoms with Gasteiger partial charge in [-0.05, 0) is 25.0 Å². The average Bonchev–Trinajstić information content (AvgIpc) is 2.82. The van der Waals surface area contributed by atoms with E-state index in [1.807, 2.05) is 0 Å². The van der Waals surface area contributed by atoms with E-state index in [0.29, 0.717) is 12.8 Å². The molecule has 1 fully saturated rings. The van der Waals surface area contributed by atoms with Gasteiger partial charge in [0.05, 0.1) is 0 Å². The van der Waals surface area contributed by atoms with E-state index in [1.54, 1.807) is 0 Å². The normalized spacial score (nSPS) is 18.9. The van der Waals surface area contributed by atoms with Gasteiger partial charge < -0.3 is 5.73 Å². The first kappa shape index (κ1) is 10.5. The van der Waals surface area contributed by atoms with Crippen LogP contribution in [0.25, 0.3) is 0 Å². The molecule has 1 aliphatic carbocycles. The van der Waals surface area contributed by atoms with E-state index in [1.165, 1.54) is 0 Å². The molecule has 0 aliphatic heterocycles. The second kappa shape index (κ2) is 3.23. The van der Waals surface area contributed by atoms with Crippen molar-refractivity contribution in [3.8, 4) is 0 Å². The smallest absolute Gasteiger partial charge is 0.275 e. The van der Waals surface area contributed by atoms with Gasteiger partial charge in [0.15, 0.2) is 0 Å². The molecule has 0 radical (unpaired) electrons. The summed E-state index contributed by atoms with van der Waals surface area (Å²) in [5.41, 5.74) is 4.77. The van der Waals surface area contributed by atoms with Gasteiger partial charge in [0.25, 0.3) is 5.92 Å². The summed E-state index contributed by atoms with van der Waals surface area (Å²) in [4.78, 5) is 0. The van der Waals surface area contributed by atoms with Crippen LogP contribution in [-0.2, 0) is 5.92 Å². The van der Waals surface area contributed by atoms with Crippen molar-refractivity contribution in [2.75, 3.05) is 0 Å². The molecule has 0 spiro atoms. The van der Waals surface area contributed by atoms with Crippen molar-refractivity contribution in [1.29, 1.82) is 0 Å². The lowest BCUT2D eigenvalue weighted by Crippen LogP contribution is -2.30. The lowest BCUT2D eigenvalue weighted by molar-refractivity contribution is -0.0223. The quantitative estimate of drug-likeness (QED) is 0.824. The van der Waals surface area contributed by atoms with Crippen LogP contribution in [0.5, 0.6) is 0 Å². The van der Waals surface area contributed by atoms with Crippen molar-refractivity contribution in [3.05, 3.63) is 35.6 Å². The Labute approximate surface area is 86.1 Å². The molecular formula is C11H12F3N. The Balaban J connectivity index is 2.17. The molecule has 0 aromatic heterocycles. The molecule has 1 saturated carbocycles. The Morgan fingerprint density at radius 2 is 1.73 bits per heavy atom. The molecule has 0 heterocycles. The van der Waals surface area contributed by atoms with Gasteiger partial charge in [0.2, 0.25) is 0 Å². The van der Waals surface area contributed by atoms with E-state index in [2.05, 4.69) is 0 Å². The minimum absolute atomic E-state index is 0.166. The highest BCUT2D eigenvalue weighted by Gasteiger charge is 2.47. The van der Waals surface area contributed by atoms with Crippen LogP contribution in [0.15, 0.2) is 24.3 Å². The third-order valence-electron chi connectivity index (χ3n) is 2.73. The summed E-state index contributed by atoms with van der Waals surface area (Å²) < 4.78 is 39.8. The number of hydrogen-bond acceptors (Lipinski definition) is 1. The van der Waals surface area contributed by atoms with E-state index in [0.717, 1.165) is 24.3 Å². The molecule has 1 aliphatic rings. The summed E-state index contributed by atoms with van der Waals surface area (Å²) in [5.74, 6) is -3.47. The third kappa shape index (κ3) is 2.31. The number of hydrogen-bond donors (Lipinski definition) is 1. The van der Waals surface area contributed by atoms with Crippen LogP contribution in [0.4, 0.5) is 13.2 Å². The number of rotatable bonds is 3. The number of halogens is 3. The molecule has 82 valence electrons. The van der Waals surface area contributed by atoms with Crippen molar-refractivity contribution in [1.82, 2.24) is 0 Å². The Morgan fingerprint density at radius 1 is 1.20 bits per heavy atom. The van der Waals surface area contributed by atoms with E-state index in [-0.39, 0.29) is 12.0 Å². The first-order valence-corrected chi connectivity index (χ1v) is 4.84. The van der Waals surface area contributed by atoms with Crippen LogP contribution in [0.3, 0.4) is 0 Å². The molecule has 1 nitrogen and oxygen atoms in total. The lowest BCUT2D eigenvalue weighted by atomic mass is 10.00. The summed E-state index contributed by atoms with van der Waals surface area (Å²) in [6.45, 7) is 0. The molecule has 0 bridgehead atoms. The van der Waals surface area contributed by atoms with Crippen LogP contribution in [0, 0.1) is 5.82 Å². The summed E-state index contributed by atoms with van der Waals surface area (Å²) >= 11 is 0.